The fraction of sp³-hybridized carbons (Fsp3) is 0.200. The van der Waals surface area contributed by atoms with Gasteiger partial charge in [0.05, 0.1) is 11.8 Å². The molecular formula is C25H18F8O2. The Bertz CT molecular complexity index is 1200. The van der Waals surface area contributed by atoms with Crippen LogP contribution in [0.4, 0.5) is 35.1 Å². The molecule has 3 aromatic carbocycles. The van der Waals surface area contributed by atoms with Gasteiger partial charge < -0.3 is 9.47 Å². The van der Waals surface area contributed by atoms with Gasteiger partial charge in [0.15, 0.2) is 17.4 Å². The van der Waals surface area contributed by atoms with E-state index in [4.69, 9.17) is 0 Å². The van der Waals surface area contributed by atoms with Gasteiger partial charge in [-0.3, -0.25) is 0 Å². The Morgan fingerprint density at radius 2 is 1.54 bits per heavy atom. The summed E-state index contributed by atoms with van der Waals surface area (Å²) < 4.78 is 119. The quantitative estimate of drug-likeness (QED) is 0.217. The summed E-state index contributed by atoms with van der Waals surface area (Å²) in [6.07, 6.45) is -5.19. The normalized spacial score (nSPS) is 11.9. The number of rotatable bonds is 9. The summed E-state index contributed by atoms with van der Waals surface area (Å²) in [4.78, 5) is 0. The van der Waals surface area contributed by atoms with Crippen molar-refractivity contribution < 1.29 is 44.6 Å². The molecule has 0 aliphatic carbocycles. The van der Waals surface area contributed by atoms with Gasteiger partial charge >= 0.3 is 6.11 Å². The number of aryl methyl sites for hydroxylation is 1. The van der Waals surface area contributed by atoms with E-state index in [1.54, 1.807) is 0 Å². The average molecular weight is 502 g/mol. The fourth-order valence-electron chi connectivity index (χ4n) is 3.23. The Balaban J connectivity index is 1.83. The van der Waals surface area contributed by atoms with Gasteiger partial charge in [0.1, 0.15) is 17.4 Å². The predicted molar refractivity (Wildman–Crippen MR) is 112 cm³/mol. The van der Waals surface area contributed by atoms with Gasteiger partial charge in [0, 0.05) is 17.7 Å². The first kappa shape index (κ1) is 26.1. The second kappa shape index (κ2) is 10.8. The second-order valence-electron chi connectivity index (χ2n) is 7.37. The first-order chi connectivity index (χ1) is 16.5. The van der Waals surface area contributed by atoms with Crippen molar-refractivity contribution in [2.75, 3.05) is 0 Å². The minimum Gasteiger partial charge on any atom is -0.459 e. The lowest BCUT2D eigenvalue weighted by Crippen LogP contribution is -2.23. The van der Waals surface area contributed by atoms with Crippen LogP contribution in [0.15, 0.2) is 60.9 Å². The highest BCUT2D eigenvalue weighted by Gasteiger charge is 2.38. The number of benzene rings is 3. The van der Waals surface area contributed by atoms with Crippen LogP contribution < -0.4 is 9.47 Å². The van der Waals surface area contributed by atoms with Crippen LogP contribution in [0.25, 0.3) is 11.1 Å². The highest BCUT2D eigenvalue weighted by Crippen LogP contribution is 2.36. The lowest BCUT2D eigenvalue weighted by molar-refractivity contribution is -0.187. The molecule has 0 amide bonds. The Kier molecular flexibility index (Phi) is 8.03. The summed E-state index contributed by atoms with van der Waals surface area (Å²) in [7, 11) is 0. The van der Waals surface area contributed by atoms with Gasteiger partial charge in [-0.05, 0) is 53.9 Å². The van der Waals surface area contributed by atoms with Crippen LogP contribution >= 0.6 is 0 Å². The molecule has 0 aliphatic rings. The van der Waals surface area contributed by atoms with Crippen molar-refractivity contribution in [2.45, 2.75) is 32.3 Å². The first-order valence-electron chi connectivity index (χ1n) is 10.3. The Morgan fingerprint density at radius 3 is 2.11 bits per heavy atom. The molecule has 0 spiro atoms. The van der Waals surface area contributed by atoms with Crippen molar-refractivity contribution in [1.82, 2.24) is 0 Å². The molecule has 0 saturated heterocycles. The topological polar surface area (TPSA) is 18.5 Å². The third kappa shape index (κ3) is 6.32. The zero-order valence-electron chi connectivity index (χ0n) is 18.1. The molecule has 0 radical (unpaired) electrons. The van der Waals surface area contributed by atoms with Gasteiger partial charge in [-0.2, -0.15) is 8.78 Å². The zero-order chi connectivity index (χ0) is 25.8. The van der Waals surface area contributed by atoms with E-state index < -0.39 is 52.9 Å². The van der Waals surface area contributed by atoms with Crippen LogP contribution in [0.1, 0.15) is 24.5 Å². The summed E-state index contributed by atoms with van der Waals surface area (Å²) in [5, 5.41) is 0. The molecule has 0 atom stereocenters. The van der Waals surface area contributed by atoms with E-state index in [0.717, 1.165) is 24.3 Å². The molecule has 3 rings (SSSR count). The molecular weight excluding hydrogens is 484 g/mol. The minimum absolute atomic E-state index is 0.256. The number of allylic oxidation sites excluding steroid dienone is 1. The smallest absolute Gasteiger partial charge is 0.429 e. The monoisotopic (exact) mass is 502 g/mol. The summed E-state index contributed by atoms with van der Waals surface area (Å²) in [6.45, 7) is 1.85. The van der Waals surface area contributed by atoms with Gasteiger partial charge in [-0.25, -0.2) is 26.3 Å². The molecule has 0 saturated carbocycles. The predicted octanol–water partition coefficient (Wildman–Crippen LogP) is 8.15. The van der Waals surface area contributed by atoms with E-state index in [1.807, 2.05) is 6.92 Å². The van der Waals surface area contributed by atoms with Crippen molar-refractivity contribution in [3.63, 3.8) is 0 Å². The molecule has 35 heavy (non-hydrogen) atoms. The molecule has 10 heteroatoms. The van der Waals surface area contributed by atoms with Gasteiger partial charge in [0.2, 0.25) is 0 Å². The molecule has 0 bridgehead atoms. The molecule has 2 nitrogen and oxygen atoms in total. The lowest BCUT2D eigenvalue weighted by Gasteiger charge is -2.19. The Hall–Kier alpha value is -3.56. The molecule has 0 aliphatic heterocycles. The van der Waals surface area contributed by atoms with E-state index in [2.05, 4.69) is 9.47 Å². The number of ether oxygens (including phenoxy) is 2. The standard InChI is InChI=1S/C25H18F8O2/c1-2-3-14-4-7-18(20(27)10-14)25(32,33)35-16-5-6-17(19(26)13-16)15-11-21(28)24(22(29)12-15)34-9-8-23(30)31/h4-13,23H,2-3H2,1H3/b9-8+. The Morgan fingerprint density at radius 1 is 0.857 bits per heavy atom. The number of alkyl halides is 4. The van der Waals surface area contributed by atoms with E-state index in [9.17, 15) is 35.1 Å². The van der Waals surface area contributed by atoms with Crippen molar-refractivity contribution >= 4 is 0 Å². The average Bonchev–Trinajstić information content (AvgIpc) is 2.75. The maximum Gasteiger partial charge on any atom is 0.429 e. The third-order valence-electron chi connectivity index (χ3n) is 4.79. The maximum atomic E-state index is 14.6. The van der Waals surface area contributed by atoms with Gasteiger partial charge in [-0.15, -0.1) is 0 Å². The van der Waals surface area contributed by atoms with Gasteiger partial charge in [0.25, 0.3) is 6.43 Å². The SMILES string of the molecule is CCCc1ccc(C(F)(F)Oc2ccc(-c3cc(F)c(O/C=C/C(F)F)c(F)c3)c(F)c2)c(F)c1. The van der Waals surface area contributed by atoms with Crippen LogP contribution in [0.2, 0.25) is 0 Å². The molecule has 186 valence electrons. The van der Waals surface area contributed by atoms with Crippen molar-refractivity contribution in [1.29, 1.82) is 0 Å². The number of hydrogen-bond acceptors (Lipinski definition) is 2. The number of hydrogen-bond donors (Lipinski definition) is 0. The van der Waals surface area contributed by atoms with Crippen LogP contribution in [0.3, 0.4) is 0 Å². The third-order valence-corrected chi connectivity index (χ3v) is 4.79. The maximum absolute atomic E-state index is 14.6. The second-order valence-corrected chi connectivity index (χ2v) is 7.37. The molecule has 0 N–H and O–H groups in total. The molecule has 0 unspecified atom stereocenters. The van der Waals surface area contributed by atoms with E-state index in [-0.39, 0.29) is 17.2 Å². The van der Waals surface area contributed by atoms with Crippen molar-refractivity contribution in [3.05, 3.63) is 95.3 Å². The first-order valence-corrected chi connectivity index (χ1v) is 10.3. The fourth-order valence-corrected chi connectivity index (χ4v) is 3.23. The lowest BCUT2D eigenvalue weighted by atomic mass is 10.0. The highest BCUT2D eigenvalue weighted by molar-refractivity contribution is 5.66. The van der Waals surface area contributed by atoms with Gasteiger partial charge in [-0.1, -0.05) is 19.4 Å². The highest BCUT2D eigenvalue weighted by atomic mass is 19.3. The molecule has 3 aromatic rings. The zero-order valence-corrected chi connectivity index (χ0v) is 18.1. The van der Waals surface area contributed by atoms with Crippen molar-refractivity contribution in [2.24, 2.45) is 0 Å². The summed E-state index contributed by atoms with van der Waals surface area (Å²) >= 11 is 0. The van der Waals surface area contributed by atoms with Crippen LogP contribution in [-0.4, -0.2) is 6.43 Å². The van der Waals surface area contributed by atoms with Crippen LogP contribution in [-0.2, 0) is 12.5 Å². The Labute approximate surface area is 195 Å². The van der Waals surface area contributed by atoms with Crippen LogP contribution in [0, 0.1) is 23.3 Å². The van der Waals surface area contributed by atoms with E-state index in [1.165, 1.54) is 6.07 Å². The molecule has 0 aromatic heterocycles. The summed E-state index contributed by atoms with van der Waals surface area (Å²) in [5.41, 5.74) is -1.20. The van der Waals surface area contributed by atoms with E-state index in [0.29, 0.717) is 42.9 Å². The van der Waals surface area contributed by atoms with E-state index >= 15 is 0 Å². The summed E-state index contributed by atoms with van der Waals surface area (Å²) in [5.74, 6) is -6.62. The number of halogens is 8. The molecule has 0 fully saturated rings. The summed E-state index contributed by atoms with van der Waals surface area (Å²) in [6, 6.07) is 6.95. The molecule has 0 heterocycles. The van der Waals surface area contributed by atoms with Crippen molar-refractivity contribution in [3.8, 4) is 22.6 Å². The van der Waals surface area contributed by atoms with Crippen LogP contribution in [0.5, 0.6) is 11.5 Å². The largest absolute Gasteiger partial charge is 0.459 e. The minimum atomic E-state index is -4.13.